The molecule has 0 bridgehead atoms. The molecule has 0 aliphatic heterocycles. The number of rotatable bonds is 10. The minimum Gasteiger partial charge on any atom is -0.461 e. The molecule has 0 saturated carbocycles. The van der Waals surface area contributed by atoms with Gasteiger partial charge in [0.05, 0.1) is 12.6 Å². The number of hydrogen-bond acceptors (Lipinski definition) is 4. The molecule has 0 heterocycles. The number of ether oxygens (including phenoxy) is 2. The normalized spacial score (nSPS) is 12.6. The zero-order valence-corrected chi connectivity index (χ0v) is 13.0. The minimum atomic E-state index is -0.893. The van der Waals surface area contributed by atoms with Crippen molar-refractivity contribution in [3.05, 3.63) is 12.7 Å². The van der Waals surface area contributed by atoms with Crippen molar-refractivity contribution in [3.63, 3.8) is 0 Å². The second-order valence-corrected chi connectivity index (χ2v) is 5.21. The van der Waals surface area contributed by atoms with Crippen molar-refractivity contribution in [1.29, 1.82) is 0 Å². The van der Waals surface area contributed by atoms with E-state index in [0.29, 0.717) is 0 Å². The Bertz CT molecular complexity index is 326. The fraction of sp³-hybridized carbons (Fsp3) is 0.733. The Morgan fingerprint density at radius 3 is 2.60 bits per heavy atom. The molecule has 1 atom stereocenters. The van der Waals surface area contributed by atoms with Crippen molar-refractivity contribution < 1.29 is 19.1 Å². The molecule has 0 saturated heterocycles. The van der Waals surface area contributed by atoms with E-state index < -0.39 is 11.6 Å². The minimum absolute atomic E-state index is 0.0364. The van der Waals surface area contributed by atoms with Gasteiger partial charge in [0.15, 0.2) is 0 Å². The van der Waals surface area contributed by atoms with Crippen LogP contribution in [0.3, 0.4) is 0 Å². The number of nitrogens with one attached hydrogen (secondary N) is 1. The van der Waals surface area contributed by atoms with Crippen LogP contribution in [-0.2, 0) is 19.1 Å². The molecule has 0 fully saturated rings. The maximum Gasteiger partial charge on any atom is 0.330 e. The lowest BCUT2D eigenvalue weighted by Crippen LogP contribution is -2.46. The lowest BCUT2D eigenvalue weighted by atomic mass is 10.1. The first-order chi connectivity index (χ1) is 9.33. The van der Waals surface area contributed by atoms with Crippen LogP contribution in [-0.4, -0.2) is 36.7 Å². The van der Waals surface area contributed by atoms with Crippen LogP contribution in [0.25, 0.3) is 0 Å². The molecule has 1 amide bonds. The van der Waals surface area contributed by atoms with Gasteiger partial charge in [-0.15, -0.1) is 0 Å². The van der Waals surface area contributed by atoms with E-state index in [1.54, 1.807) is 13.8 Å². The van der Waals surface area contributed by atoms with Crippen LogP contribution in [0.1, 0.15) is 47.0 Å². The zero-order valence-electron chi connectivity index (χ0n) is 13.0. The quantitative estimate of drug-likeness (QED) is 0.380. The van der Waals surface area contributed by atoms with Crippen molar-refractivity contribution in [2.45, 2.75) is 58.7 Å². The summed E-state index contributed by atoms with van der Waals surface area (Å²) in [6.07, 6.45) is 4.24. The zero-order chi connectivity index (χ0) is 15.6. The van der Waals surface area contributed by atoms with Crippen molar-refractivity contribution in [1.82, 2.24) is 5.32 Å². The highest BCUT2D eigenvalue weighted by atomic mass is 16.5. The molecule has 0 aromatic rings. The monoisotopic (exact) mass is 285 g/mol. The fourth-order valence-electron chi connectivity index (χ4n) is 1.69. The van der Waals surface area contributed by atoms with Crippen LogP contribution < -0.4 is 5.32 Å². The average Bonchev–Trinajstić information content (AvgIpc) is 2.40. The summed E-state index contributed by atoms with van der Waals surface area (Å²) in [5, 5.41) is 2.69. The maximum absolute atomic E-state index is 12.0. The van der Waals surface area contributed by atoms with Crippen molar-refractivity contribution in [2.75, 3.05) is 13.2 Å². The molecule has 1 N–H and O–H groups in total. The molecule has 0 aromatic heterocycles. The highest BCUT2D eigenvalue weighted by Crippen LogP contribution is 2.16. The Labute approximate surface area is 121 Å². The Hall–Kier alpha value is -1.36. The van der Waals surface area contributed by atoms with Crippen molar-refractivity contribution in [2.24, 2.45) is 0 Å². The molecule has 5 heteroatoms. The molecule has 20 heavy (non-hydrogen) atoms. The predicted octanol–water partition coefficient (Wildman–Crippen LogP) is 2.21. The van der Waals surface area contributed by atoms with Gasteiger partial charge in [-0.3, -0.25) is 4.79 Å². The molecule has 0 radical (unpaired) electrons. The van der Waals surface area contributed by atoms with Gasteiger partial charge in [0.25, 0.3) is 5.91 Å². The number of hydrogen-bond donors (Lipinski definition) is 1. The SMILES string of the molecule is C=CC(=O)OCCNC(=O)C(C)(C)OC(C)CCCC. The summed E-state index contributed by atoms with van der Waals surface area (Å²) < 4.78 is 10.5. The summed E-state index contributed by atoms with van der Waals surface area (Å²) in [4.78, 5) is 22.8. The van der Waals surface area contributed by atoms with Crippen LogP contribution >= 0.6 is 0 Å². The summed E-state index contributed by atoms with van der Waals surface area (Å²) in [7, 11) is 0. The molecule has 5 nitrogen and oxygen atoms in total. The molecule has 116 valence electrons. The van der Waals surface area contributed by atoms with Gasteiger partial charge < -0.3 is 14.8 Å². The lowest BCUT2D eigenvalue weighted by molar-refractivity contribution is -0.150. The first-order valence-electron chi connectivity index (χ1n) is 7.08. The van der Waals surface area contributed by atoms with Gasteiger partial charge in [-0.1, -0.05) is 26.3 Å². The molecular formula is C15H27NO4. The highest BCUT2D eigenvalue weighted by molar-refractivity contribution is 5.84. The highest BCUT2D eigenvalue weighted by Gasteiger charge is 2.30. The summed E-state index contributed by atoms with van der Waals surface area (Å²) in [6, 6.07) is 0. The third-order valence-electron chi connectivity index (χ3n) is 2.81. The van der Waals surface area contributed by atoms with E-state index >= 15 is 0 Å². The summed E-state index contributed by atoms with van der Waals surface area (Å²) in [5.41, 5.74) is -0.893. The van der Waals surface area contributed by atoms with Gasteiger partial charge in [-0.25, -0.2) is 4.79 Å². The van der Waals surface area contributed by atoms with Crippen LogP contribution in [0, 0.1) is 0 Å². The van der Waals surface area contributed by atoms with Crippen molar-refractivity contribution in [3.8, 4) is 0 Å². The molecule has 0 rings (SSSR count). The van der Waals surface area contributed by atoms with E-state index in [0.717, 1.165) is 25.3 Å². The summed E-state index contributed by atoms with van der Waals surface area (Å²) in [6.45, 7) is 11.2. The first kappa shape index (κ1) is 18.6. The second kappa shape index (κ2) is 9.53. The average molecular weight is 285 g/mol. The summed E-state index contributed by atoms with van der Waals surface area (Å²) in [5.74, 6) is -0.710. The predicted molar refractivity (Wildman–Crippen MR) is 78.3 cm³/mol. The Morgan fingerprint density at radius 1 is 1.40 bits per heavy atom. The fourth-order valence-corrected chi connectivity index (χ4v) is 1.69. The maximum atomic E-state index is 12.0. The number of unbranched alkanes of at least 4 members (excludes halogenated alkanes) is 1. The van der Waals surface area contributed by atoms with E-state index in [-0.39, 0.29) is 25.2 Å². The summed E-state index contributed by atoms with van der Waals surface area (Å²) >= 11 is 0. The van der Waals surface area contributed by atoms with Crippen LogP contribution in [0.2, 0.25) is 0 Å². The van der Waals surface area contributed by atoms with Gasteiger partial charge in [0.1, 0.15) is 12.2 Å². The van der Waals surface area contributed by atoms with Gasteiger partial charge in [-0.05, 0) is 27.2 Å². The van der Waals surface area contributed by atoms with Crippen LogP contribution in [0.15, 0.2) is 12.7 Å². The van der Waals surface area contributed by atoms with Crippen LogP contribution in [0.5, 0.6) is 0 Å². The Kier molecular flexibility index (Phi) is 8.88. The molecule has 0 aliphatic carbocycles. The molecule has 0 aliphatic rings. The van der Waals surface area contributed by atoms with E-state index in [2.05, 4.69) is 18.8 Å². The van der Waals surface area contributed by atoms with E-state index in [4.69, 9.17) is 9.47 Å². The third-order valence-corrected chi connectivity index (χ3v) is 2.81. The van der Waals surface area contributed by atoms with Gasteiger partial charge in [0, 0.05) is 6.08 Å². The van der Waals surface area contributed by atoms with Crippen LogP contribution in [0.4, 0.5) is 0 Å². The van der Waals surface area contributed by atoms with E-state index in [9.17, 15) is 9.59 Å². The topological polar surface area (TPSA) is 64.6 Å². The molecule has 0 spiro atoms. The number of carbonyl (C=O) groups excluding carboxylic acids is 2. The standard InChI is InChI=1S/C15H27NO4/c1-6-8-9-12(3)20-15(4,5)14(18)16-10-11-19-13(17)7-2/h7,12H,2,6,8-11H2,1,3-5H3,(H,16,18). The lowest BCUT2D eigenvalue weighted by Gasteiger charge is -2.28. The second-order valence-electron chi connectivity index (χ2n) is 5.21. The number of esters is 1. The molecular weight excluding hydrogens is 258 g/mol. The third kappa shape index (κ3) is 7.94. The Balaban J connectivity index is 4.04. The molecule has 0 aromatic carbocycles. The van der Waals surface area contributed by atoms with Gasteiger partial charge >= 0.3 is 5.97 Å². The van der Waals surface area contributed by atoms with Crippen molar-refractivity contribution >= 4 is 11.9 Å². The smallest absolute Gasteiger partial charge is 0.330 e. The van der Waals surface area contributed by atoms with Gasteiger partial charge in [0.2, 0.25) is 0 Å². The number of amides is 1. The Morgan fingerprint density at radius 2 is 2.05 bits per heavy atom. The first-order valence-corrected chi connectivity index (χ1v) is 7.08. The van der Waals surface area contributed by atoms with E-state index in [1.807, 2.05) is 6.92 Å². The van der Waals surface area contributed by atoms with E-state index in [1.165, 1.54) is 0 Å². The van der Waals surface area contributed by atoms with Gasteiger partial charge in [-0.2, -0.15) is 0 Å². The number of carbonyl (C=O) groups is 2. The largest absolute Gasteiger partial charge is 0.461 e. The molecule has 1 unspecified atom stereocenters.